The number of pyridine rings is 1. The summed E-state index contributed by atoms with van der Waals surface area (Å²) >= 11 is 0. The van der Waals surface area contributed by atoms with Gasteiger partial charge in [0.15, 0.2) is 11.3 Å². The van der Waals surface area contributed by atoms with E-state index in [1.54, 1.807) is 29.4 Å². The fraction of sp³-hybridized carbons (Fsp3) is 0.545. The van der Waals surface area contributed by atoms with E-state index in [1.165, 1.54) is 21.0 Å². The normalized spacial score (nSPS) is 19.8. The first-order valence-electron chi connectivity index (χ1n) is 10.4. The van der Waals surface area contributed by atoms with E-state index in [2.05, 4.69) is 15.0 Å². The van der Waals surface area contributed by atoms with Crippen LogP contribution in [0.25, 0.3) is 11.0 Å². The fourth-order valence-corrected chi connectivity index (χ4v) is 4.34. The molecule has 9 heteroatoms. The molecule has 0 bridgehead atoms. The van der Waals surface area contributed by atoms with Crippen molar-refractivity contribution < 1.29 is 28.3 Å². The van der Waals surface area contributed by atoms with E-state index in [9.17, 15) is 14.4 Å². The summed E-state index contributed by atoms with van der Waals surface area (Å²) in [6.07, 6.45) is 5.46. The molecule has 1 N–H and O–H groups in total. The quantitative estimate of drug-likeness (QED) is 0.728. The number of piperidine rings is 1. The van der Waals surface area contributed by atoms with Crippen molar-refractivity contribution in [2.75, 3.05) is 26.7 Å². The number of amides is 2. The largest absolute Gasteiger partial charge is 0.466 e. The van der Waals surface area contributed by atoms with Gasteiger partial charge in [-0.1, -0.05) is 0 Å². The minimum atomic E-state index is -1.32. The second-order valence-corrected chi connectivity index (χ2v) is 8.85. The van der Waals surface area contributed by atoms with Crippen LogP contribution in [0.2, 0.25) is 0 Å². The Morgan fingerprint density at radius 1 is 1.32 bits per heavy atom. The highest BCUT2D eigenvalue weighted by Crippen LogP contribution is 2.59. The average molecular weight is 429 g/mol. The van der Waals surface area contributed by atoms with Gasteiger partial charge in [-0.2, -0.15) is 0 Å². The fourth-order valence-electron chi connectivity index (χ4n) is 4.34. The van der Waals surface area contributed by atoms with E-state index in [-0.39, 0.29) is 17.1 Å². The molecule has 1 saturated heterocycles. The van der Waals surface area contributed by atoms with Crippen LogP contribution in [0.1, 0.15) is 43.7 Å². The third-order valence-electron chi connectivity index (χ3n) is 6.45. The maximum atomic E-state index is 12.4. The number of likely N-dealkylation sites (tertiary alicyclic amines) is 1. The van der Waals surface area contributed by atoms with Crippen LogP contribution in [0.3, 0.4) is 0 Å². The first-order valence-corrected chi connectivity index (χ1v) is 10.4. The summed E-state index contributed by atoms with van der Waals surface area (Å²) in [6, 6.07) is 3.52. The first kappa shape index (κ1) is 21.1. The maximum absolute atomic E-state index is 12.4. The number of carbonyl (C=O) groups excluding carboxylic acids is 3. The standard InChI is InChI=1S/C22H27N3O6/c1-21(2,19(27)29-3)31-20(28)25-8-5-22(6-9-25)11-15(22)12-24-18(26)16-10-14-4-7-23-13-17(14)30-16/h4,7,10,13,15H,5-6,8-9,11-12H2,1-3H3,(H,24,26). The number of furan rings is 1. The van der Waals surface area contributed by atoms with Gasteiger partial charge in [-0.15, -0.1) is 0 Å². The third-order valence-corrected chi connectivity index (χ3v) is 6.45. The SMILES string of the molecule is COC(=O)C(C)(C)OC(=O)N1CCC2(CC1)CC2CNC(=O)c1cc2ccncc2o1. The van der Waals surface area contributed by atoms with Crippen LogP contribution in [0.15, 0.2) is 28.9 Å². The van der Waals surface area contributed by atoms with Crippen LogP contribution in [-0.2, 0) is 14.3 Å². The molecule has 9 nitrogen and oxygen atoms in total. The maximum Gasteiger partial charge on any atom is 0.410 e. The minimum Gasteiger partial charge on any atom is -0.466 e. The smallest absolute Gasteiger partial charge is 0.410 e. The van der Waals surface area contributed by atoms with Crippen LogP contribution >= 0.6 is 0 Å². The zero-order chi connectivity index (χ0) is 22.2. The van der Waals surface area contributed by atoms with Gasteiger partial charge in [0, 0.05) is 31.2 Å². The number of methoxy groups -OCH3 is 1. The molecule has 2 fully saturated rings. The number of nitrogens with zero attached hydrogens (tertiary/aromatic N) is 2. The van der Waals surface area contributed by atoms with Gasteiger partial charge in [0.2, 0.25) is 5.60 Å². The molecule has 31 heavy (non-hydrogen) atoms. The second kappa shape index (κ2) is 7.86. The Morgan fingerprint density at radius 2 is 2.06 bits per heavy atom. The molecule has 0 radical (unpaired) electrons. The Kier molecular flexibility index (Phi) is 5.36. The lowest BCUT2D eigenvalue weighted by Gasteiger charge is -2.34. The van der Waals surface area contributed by atoms with E-state index < -0.39 is 17.7 Å². The van der Waals surface area contributed by atoms with Crippen LogP contribution < -0.4 is 5.32 Å². The lowest BCUT2D eigenvalue weighted by Crippen LogP contribution is -2.46. The molecule has 1 aliphatic heterocycles. The van der Waals surface area contributed by atoms with Crippen molar-refractivity contribution in [2.45, 2.75) is 38.7 Å². The van der Waals surface area contributed by atoms with Crippen molar-refractivity contribution in [3.8, 4) is 0 Å². The Balaban J connectivity index is 1.25. The predicted octanol–water partition coefficient (Wildman–Crippen LogP) is 2.75. The van der Waals surface area contributed by atoms with Gasteiger partial charge in [0.05, 0.1) is 13.3 Å². The van der Waals surface area contributed by atoms with Crippen LogP contribution in [0, 0.1) is 11.3 Å². The number of nitrogens with one attached hydrogen (secondary N) is 1. The van der Waals surface area contributed by atoms with Crippen LogP contribution in [0.4, 0.5) is 4.79 Å². The molecule has 2 amide bonds. The number of fused-ring (bicyclic) bond motifs is 1. The summed E-state index contributed by atoms with van der Waals surface area (Å²) < 4.78 is 15.6. The number of hydrogen-bond acceptors (Lipinski definition) is 7. The second-order valence-electron chi connectivity index (χ2n) is 8.85. The number of ether oxygens (including phenoxy) is 2. The highest BCUT2D eigenvalue weighted by molar-refractivity contribution is 5.95. The monoisotopic (exact) mass is 429 g/mol. The summed E-state index contributed by atoms with van der Waals surface area (Å²) in [5, 5.41) is 3.81. The van der Waals surface area contributed by atoms with Crippen molar-refractivity contribution in [3.63, 3.8) is 0 Å². The Hall–Kier alpha value is -3.10. The topological polar surface area (TPSA) is 111 Å². The van der Waals surface area contributed by atoms with Gasteiger partial charge in [-0.25, -0.2) is 9.59 Å². The summed E-state index contributed by atoms with van der Waals surface area (Å²) in [5.41, 5.74) is -0.579. The highest BCUT2D eigenvalue weighted by atomic mass is 16.6. The van der Waals surface area contributed by atoms with E-state index in [4.69, 9.17) is 9.15 Å². The van der Waals surface area contributed by atoms with Crippen LogP contribution in [-0.4, -0.2) is 60.2 Å². The summed E-state index contributed by atoms with van der Waals surface area (Å²) in [7, 11) is 1.26. The van der Waals surface area contributed by atoms with Gasteiger partial charge in [-0.05, 0) is 56.6 Å². The number of esters is 1. The Labute approximate surface area is 180 Å². The molecular formula is C22H27N3O6. The molecule has 2 aromatic heterocycles. The molecule has 166 valence electrons. The van der Waals surface area contributed by atoms with Crippen molar-refractivity contribution in [1.29, 1.82) is 0 Å². The van der Waals surface area contributed by atoms with Gasteiger partial charge in [0.1, 0.15) is 0 Å². The molecule has 2 aromatic rings. The molecular weight excluding hydrogens is 402 g/mol. The van der Waals surface area contributed by atoms with Crippen molar-refractivity contribution >= 4 is 28.9 Å². The number of hydrogen-bond donors (Lipinski definition) is 1. The zero-order valence-corrected chi connectivity index (χ0v) is 18.0. The van der Waals surface area contributed by atoms with Gasteiger partial charge >= 0.3 is 12.1 Å². The van der Waals surface area contributed by atoms with E-state index in [0.717, 1.165) is 24.6 Å². The van der Waals surface area contributed by atoms with Crippen molar-refractivity contribution in [3.05, 3.63) is 30.3 Å². The molecule has 4 rings (SSSR count). The van der Waals surface area contributed by atoms with E-state index >= 15 is 0 Å². The van der Waals surface area contributed by atoms with Crippen LogP contribution in [0.5, 0.6) is 0 Å². The minimum absolute atomic E-state index is 0.153. The average Bonchev–Trinajstić information content (AvgIpc) is 3.22. The summed E-state index contributed by atoms with van der Waals surface area (Å²) in [5.74, 6) is -0.159. The molecule has 1 saturated carbocycles. The van der Waals surface area contributed by atoms with E-state index in [1.807, 2.05) is 0 Å². The molecule has 0 aromatic carbocycles. The third kappa shape index (κ3) is 4.22. The van der Waals surface area contributed by atoms with Gasteiger partial charge < -0.3 is 24.1 Å². The van der Waals surface area contributed by atoms with Crippen molar-refractivity contribution in [2.24, 2.45) is 11.3 Å². The Morgan fingerprint density at radius 3 is 2.74 bits per heavy atom. The number of rotatable bonds is 5. The lowest BCUT2D eigenvalue weighted by atomic mass is 9.91. The molecule has 1 atom stereocenters. The zero-order valence-electron chi connectivity index (χ0n) is 18.0. The molecule has 2 aliphatic rings. The molecule has 1 aliphatic carbocycles. The molecule has 1 unspecified atom stereocenters. The predicted molar refractivity (Wildman–Crippen MR) is 110 cm³/mol. The van der Waals surface area contributed by atoms with Crippen molar-refractivity contribution in [1.82, 2.24) is 15.2 Å². The van der Waals surface area contributed by atoms with E-state index in [0.29, 0.717) is 31.1 Å². The summed E-state index contributed by atoms with van der Waals surface area (Å²) in [4.78, 5) is 42.2. The lowest BCUT2D eigenvalue weighted by molar-refractivity contribution is -0.159. The first-order chi connectivity index (χ1) is 14.7. The Bertz CT molecular complexity index is 973. The summed E-state index contributed by atoms with van der Waals surface area (Å²) in [6.45, 7) is 4.74. The molecule has 3 heterocycles. The highest BCUT2D eigenvalue weighted by Gasteiger charge is 2.55. The van der Waals surface area contributed by atoms with Gasteiger partial charge in [-0.3, -0.25) is 9.78 Å². The number of aromatic nitrogens is 1. The molecule has 1 spiro atoms. The van der Waals surface area contributed by atoms with Gasteiger partial charge in [0.25, 0.3) is 5.91 Å². The number of carbonyl (C=O) groups is 3.